The van der Waals surface area contributed by atoms with E-state index < -0.39 is 12.1 Å². The van der Waals surface area contributed by atoms with Crippen molar-refractivity contribution in [3.63, 3.8) is 0 Å². The maximum atomic E-state index is 13.9. The normalized spacial score (nSPS) is 20.3. The zero-order valence-corrected chi connectivity index (χ0v) is 22.5. The van der Waals surface area contributed by atoms with Crippen LogP contribution in [0.1, 0.15) is 67.5 Å². The summed E-state index contributed by atoms with van der Waals surface area (Å²) in [6, 6.07) is 7.28. The molecule has 9 heteroatoms. The Morgan fingerprint density at radius 1 is 1.00 bits per heavy atom. The summed E-state index contributed by atoms with van der Waals surface area (Å²) in [5.41, 5.74) is 9.83. The zero-order chi connectivity index (χ0) is 26.6. The van der Waals surface area contributed by atoms with Crippen molar-refractivity contribution in [2.24, 2.45) is 11.7 Å². The van der Waals surface area contributed by atoms with Gasteiger partial charge in [0.2, 0.25) is 11.8 Å². The number of fused-ring (bicyclic) bond motifs is 1. The van der Waals surface area contributed by atoms with Crippen LogP contribution in [0, 0.1) is 12.8 Å². The Balaban J connectivity index is 1.37. The number of urea groups is 1. The van der Waals surface area contributed by atoms with E-state index in [1.165, 1.54) is 36.8 Å². The molecule has 0 radical (unpaired) electrons. The number of hydrogen-bond acceptors (Lipinski definition) is 4. The molecule has 2 fully saturated rings. The topological polar surface area (TPSA) is 105 Å². The smallest absolute Gasteiger partial charge is 0.314 e. The summed E-state index contributed by atoms with van der Waals surface area (Å²) in [6.45, 7) is 5.12. The number of primary amides is 1. The van der Waals surface area contributed by atoms with Gasteiger partial charge in [0.25, 0.3) is 0 Å². The number of rotatable bonds is 6. The average molecular weight is 521 g/mol. The van der Waals surface area contributed by atoms with Crippen molar-refractivity contribution in [2.45, 2.75) is 77.4 Å². The molecule has 0 bridgehead atoms. The van der Waals surface area contributed by atoms with Gasteiger partial charge in [-0.05, 0) is 36.8 Å². The van der Waals surface area contributed by atoms with Crippen LogP contribution < -0.4 is 5.73 Å². The third kappa shape index (κ3) is 5.71. The highest BCUT2D eigenvalue weighted by molar-refractivity contribution is 5.88. The highest BCUT2D eigenvalue weighted by Gasteiger charge is 2.39. The van der Waals surface area contributed by atoms with E-state index in [9.17, 15) is 14.4 Å². The first-order valence-corrected chi connectivity index (χ1v) is 14.1. The molecule has 3 aliphatic rings. The van der Waals surface area contributed by atoms with Crippen LogP contribution in [0.5, 0.6) is 0 Å². The fourth-order valence-electron chi connectivity index (χ4n) is 6.30. The summed E-state index contributed by atoms with van der Waals surface area (Å²) in [5.74, 6) is 0.619. The molecule has 5 rings (SSSR count). The van der Waals surface area contributed by atoms with Crippen molar-refractivity contribution in [3.8, 4) is 0 Å². The van der Waals surface area contributed by atoms with Gasteiger partial charge in [0.05, 0.1) is 24.3 Å². The number of carbonyl (C=O) groups is 3. The van der Waals surface area contributed by atoms with Crippen LogP contribution in [-0.2, 0) is 29.1 Å². The van der Waals surface area contributed by atoms with Gasteiger partial charge in [-0.15, -0.1) is 0 Å². The first kappa shape index (κ1) is 26.3. The van der Waals surface area contributed by atoms with E-state index in [0.29, 0.717) is 64.4 Å². The predicted octanol–water partition coefficient (Wildman–Crippen LogP) is 3.08. The van der Waals surface area contributed by atoms with Crippen molar-refractivity contribution in [2.75, 3.05) is 26.2 Å². The number of amides is 4. The van der Waals surface area contributed by atoms with E-state index in [1.807, 2.05) is 23.4 Å². The van der Waals surface area contributed by atoms with Gasteiger partial charge in [0.1, 0.15) is 6.04 Å². The SMILES string of the molecule is Cc1ccccc1Cn1cnc2c1CN(C(=O)CCC1CCCC1)C(C(=O)N1CCCN(C(N)=O)CC1)C2. The van der Waals surface area contributed by atoms with Crippen molar-refractivity contribution in [3.05, 3.63) is 53.1 Å². The van der Waals surface area contributed by atoms with E-state index in [2.05, 4.69) is 23.6 Å². The van der Waals surface area contributed by atoms with Gasteiger partial charge in [-0.25, -0.2) is 9.78 Å². The van der Waals surface area contributed by atoms with E-state index in [0.717, 1.165) is 17.8 Å². The Morgan fingerprint density at radius 3 is 2.50 bits per heavy atom. The molecule has 1 aromatic heterocycles. The number of benzene rings is 1. The second kappa shape index (κ2) is 11.6. The molecule has 3 heterocycles. The van der Waals surface area contributed by atoms with Crippen molar-refractivity contribution < 1.29 is 14.4 Å². The van der Waals surface area contributed by atoms with Crippen molar-refractivity contribution >= 4 is 17.8 Å². The molecule has 1 unspecified atom stereocenters. The highest BCUT2D eigenvalue weighted by atomic mass is 16.2. The van der Waals surface area contributed by atoms with Crippen LogP contribution in [0.25, 0.3) is 0 Å². The Hall–Kier alpha value is -3.36. The summed E-state index contributed by atoms with van der Waals surface area (Å²) in [7, 11) is 0. The fraction of sp³-hybridized carbons (Fsp3) is 0.586. The van der Waals surface area contributed by atoms with Gasteiger partial charge in [-0.1, -0.05) is 49.9 Å². The van der Waals surface area contributed by atoms with E-state index in [-0.39, 0.29) is 11.8 Å². The zero-order valence-electron chi connectivity index (χ0n) is 22.5. The Bertz CT molecular complexity index is 1170. The van der Waals surface area contributed by atoms with Crippen LogP contribution in [0.15, 0.2) is 30.6 Å². The summed E-state index contributed by atoms with van der Waals surface area (Å²) < 4.78 is 2.13. The van der Waals surface area contributed by atoms with Gasteiger partial charge in [-0.3, -0.25) is 9.59 Å². The van der Waals surface area contributed by atoms with Crippen molar-refractivity contribution in [1.29, 1.82) is 0 Å². The van der Waals surface area contributed by atoms with E-state index in [1.54, 1.807) is 9.80 Å². The number of imidazole rings is 1. The molecule has 1 aromatic carbocycles. The monoisotopic (exact) mass is 520 g/mol. The van der Waals surface area contributed by atoms with Crippen LogP contribution >= 0.6 is 0 Å². The molecular weight excluding hydrogens is 480 g/mol. The predicted molar refractivity (Wildman–Crippen MR) is 144 cm³/mol. The second-order valence-corrected chi connectivity index (χ2v) is 11.1. The Morgan fingerprint density at radius 2 is 1.74 bits per heavy atom. The Labute approximate surface area is 225 Å². The maximum Gasteiger partial charge on any atom is 0.314 e. The van der Waals surface area contributed by atoms with Crippen LogP contribution in [0.2, 0.25) is 0 Å². The summed E-state index contributed by atoms with van der Waals surface area (Å²) in [4.78, 5) is 49.1. The quantitative estimate of drug-likeness (QED) is 0.632. The van der Waals surface area contributed by atoms with Crippen molar-refractivity contribution in [1.82, 2.24) is 24.3 Å². The molecular formula is C29H40N6O3. The van der Waals surface area contributed by atoms with Gasteiger partial charge in [0.15, 0.2) is 0 Å². The molecule has 2 N–H and O–H groups in total. The van der Waals surface area contributed by atoms with Gasteiger partial charge < -0.3 is 25.0 Å². The largest absolute Gasteiger partial charge is 0.351 e. The third-order valence-corrected chi connectivity index (χ3v) is 8.68. The number of nitrogens with two attached hydrogens (primary N) is 1. The molecule has 4 amide bonds. The van der Waals surface area contributed by atoms with Gasteiger partial charge >= 0.3 is 6.03 Å². The lowest BCUT2D eigenvalue weighted by atomic mass is 9.97. The van der Waals surface area contributed by atoms with Gasteiger partial charge in [-0.2, -0.15) is 0 Å². The number of nitrogens with zero attached hydrogens (tertiary/aromatic N) is 5. The molecule has 204 valence electrons. The highest BCUT2D eigenvalue weighted by Crippen LogP contribution is 2.31. The molecule has 9 nitrogen and oxygen atoms in total. The number of aromatic nitrogens is 2. The lowest BCUT2D eigenvalue weighted by Gasteiger charge is -2.37. The van der Waals surface area contributed by atoms with Crippen LogP contribution in [0.3, 0.4) is 0 Å². The molecule has 1 saturated carbocycles. The summed E-state index contributed by atoms with van der Waals surface area (Å²) >= 11 is 0. The second-order valence-electron chi connectivity index (χ2n) is 11.1. The lowest BCUT2D eigenvalue weighted by molar-refractivity contribution is -0.147. The first-order valence-electron chi connectivity index (χ1n) is 14.1. The number of hydrogen-bond donors (Lipinski definition) is 1. The summed E-state index contributed by atoms with van der Waals surface area (Å²) in [5, 5.41) is 0. The minimum absolute atomic E-state index is 0.0513. The standard InChI is InChI=1S/C29H40N6O3/c1-21-7-2-5-10-23(21)18-34-20-31-24-17-25(28(37)32-13-6-14-33(16-15-32)29(30)38)35(19-26(24)34)27(36)12-11-22-8-3-4-9-22/h2,5,7,10,20,22,25H,3-4,6,8-9,11-19H2,1H3,(H2,30,38). The minimum atomic E-state index is -0.569. The number of carbonyl (C=O) groups excluding carboxylic acids is 3. The fourth-order valence-corrected chi connectivity index (χ4v) is 6.30. The lowest BCUT2D eigenvalue weighted by Crippen LogP contribution is -2.54. The Kier molecular flexibility index (Phi) is 8.00. The van der Waals surface area contributed by atoms with E-state index >= 15 is 0 Å². The van der Waals surface area contributed by atoms with E-state index in [4.69, 9.17) is 10.7 Å². The van der Waals surface area contributed by atoms with Gasteiger partial charge in [0, 0.05) is 45.6 Å². The first-order chi connectivity index (χ1) is 18.4. The third-order valence-electron chi connectivity index (χ3n) is 8.68. The average Bonchev–Trinajstić information content (AvgIpc) is 3.50. The number of aryl methyl sites for hydroxylation is 1. The molecule has 2 aromatic rings. The minimum Gasteiger partial charge on any atom is -0.351 e. The molecule has 1 aliphatic carbocycles. The molecule has 1 atom stereocenters. The maximum absolute atomic E-state index is 13.9. The van der Waals surface area contributed by atoms with Crippen LogP contribution in [0.4, 0.5) is 4.79 Å². The molecule has 38 heavy (non-hydrogen) atoms. The summed E-state index contributed by atoms with van der Waals surface area (Å²) in [6.07, 6.45) is 9.22. The van der Waals surface area contributed by atoms with Crippen LogP contribution in [-0.4, -0.2) is 74.3 Å². The molecule has 2 aliphatic heterocycles. The molecule has 0 spiro atoms. The molecule has 1 saturated heterocycles.